The molecular formula is C15H16ClN3O3S. The van der Waals surface area contributed by atoms with E-state index in [0.717, 1.165) is 17.3 Å². The molecule has 0 fully saturated rings. The second-order valence-electron chi connectivity index (χ2n) is 4.85. The van der Waals surface area contributed by atoms with Crippen molar-refractivity contribution in [1.29, 1.82) is 0 Å². The van der Waals surface area contributed by atoms with Crippen molar-refractivity contribution in [2.45, 2.75) is 6.04 Å². The number of hydrogen-bond donors (Lipinski definition) is 2. The highest BCUT2D eigenvalue weighted by molar-refractivity contribution is 8.00. The molecule has 2 aromatic rings. The van der Waals surface area contributed by atoms with Gasteiger partial charge in [-0.05, 0) is 23.8 Å². The number of carbonyl (C=O) groups is 2. The first-order valence-electron chi connectivity index (χ1n) is 6.79. The van der Waals surface area contributed by atoms with Crippen LogP contribution < -0.4 is 5.32 Å². The van der Waals surface area contributed by atoms with Gasteiger partial charge in [0.15, 0.2) is 0 Å². The van der Waals surface area contributed by atoms with Crippen LogP contribution in [0.5, 0.6) is 0 Å². The van der Waals surface area contributed by atoms with Crippen LogP contribution in [0.25, 0.3) is 0 Å². The highest BCUT2D eigenvalue weighted by Crippen LogP contribution is 2.22. The number of carboxylic acids is 1. The molecule has 1 heterocycles. The molecule has 1 amide bonds. The molecule has 1 unspecified atom stereocenters. The number of nitrogens with zero attached hydrogens (tertiary/aromatic N) is 2. The Labute approximate surface area is 142 Å². The summed E-state index contributed by atoms with van der Waals surface area (Å²) in [5.74, 6) is -1.23. The monoisotopic (exact) mass is 353 g/mol. The lowest BCUT2D eigenvalue weighted by molar-refractivity contribution is -0.133. The SMILES string of the molecule is Cn1ccc(C(NC(=O)CSCC(=O)O)c2ccc(Cl)cc2)n1. The van der Waals surface area contributed by atoms with Crippen LogP contribution >= 0.6 is 23.4 Å². The Bertz CT molecular complexity index is 688. The maximum atomic E-state index is 12.1. The molecular weight excluding hydrogens is 338 g/mol. The van der Waals surface area contributed by atoms with E-state index in [1.54, 1.807) is 30.1 Å². The summed E-state index contributed by atoms with van der Waals surface area (Å²) >= 11 is 6.96. The smallest absolute Gasteiger partial charge is 0.313 e. The number of benzene rings is 1. The number of carbonyl (C=O) groups excluding carboxylic acids is 1. The minimum absolute atomic E-state index is 0.0726. The molecule has 1 aromatic carbocycles. The number of hydrogen-bond acceptors (Lipinski definition) is 4. The summed E-state index contributed by atoms with van der Waals surface area (Å²) in [6, 6.07) is 8.56. The van der Waals surface area contributed by atoms with Crippen LogP contribution in [0, 0.1) is 0 Å². The van der Waals surface area contributed by atoms with Crippen LogP contribution in [0.4, 0.5) is 0 Å². The lowest BCUT2D eigenvalue weighted by atomic mass is 10.0. The molecule has 0 aliphatic carbocycles. The van der Waals surface area contributed by atoms with Gasteiger partial charge in [-0.3, -0.25) is 14.3 Å². The van der Waals surface area contributed by atoms with E-state index in [1.165, 1.54) is 0 Å². The van der Waals surface area contributed by atoms with Gasteiger partial charge in [-0.1, -0.05) is 23.7 Å². The quantitative estimate of drug-likeness (QED) is 0.796. The van der Waals surface area contributed by atoms with Gasteiger partial charge in [0.2, 0.25) is 5.91 Å². The van der Waals surface area contributed by atoms with Gasteiger partial charge in [-0.25, -0.2) is 0 Å². The molecule has 0 aliphatic rings. The van der Waals surface area contributed by atoms with E-state index in [4.69, 9.17) is 16.7 Å². The van der Waals surface area contributed by atoms with E-state index in [9.17, 15) is 9.59 Å². The third-order valence-corrected chi connectivity index (χ3v) is 4.17. The summed E-state index contributed by atoms with van der Waals surface area (Å²) in [6.45, 7) is 0. The number of amides is 1. The van der Waals surface area contributed by atoms with Gasteiger partial charge in [-0.2, -0.15) is 5.10 Å². The van der Waals surface area contributed by atoms with Crippen molar-refractivity contribution < 1.29 is 14.7 Å². The van der Waals surface area contributed by atoms with Crippen LogP contribution in [-0.2, 0) is 16.6 Å². The second kappa shape index (κ2) is 8.03. The number of rotatable bonds is 7. The fourth-order valence-electron chi connectivity index (χ4n) is 2.00. The number of nitrogens with one attached hydrogen (secondary N) is 1. The number of thioether (sulfide) groups is 1. The molecule has 0 saturated heterocycles. The topological polar surface area (TPSA) is 84.2 Å². The average molecular weight is 354 g/mol. The lowest BCUT2D eigenvalue weighted by Crippen LogP contribution is -2.31. The Morgan fingerprint density at radius 1 is 1.30 bits per heavy atom. The van der Waals surface area contributed by atoms with Gasteiger partial charge >= 0.3 is 5.97 Å². The number of halogens is 1. The standard InChI is InChI=1S/C15H16ClN3O3S/c1-19-7-6-12(18-19)15(10-2-4-11(16)5-3-10)17-13(20)8-23-9-14(21)22/h2-7,15H,8-9H2,1H3,(H,17,20)(H,21,22). The van der Waals surface area contributed by atoms with Gasteiger partial charge in [0, 0.05) is 18.3 Å². The fraction of sp³-hybridized carbons (Fsp3) is 0.267. The van der Waals surface area contributed by atoms with Crippen LogP contribution in [-0.4, -0.2) is 38.3 Å². The molecule has 0 bridgehead atoms. The molecule has 23 heavy (non-hydrogen) atoms. The Hall–Kier alpha value is -1.99. The third kappa shape index (κ3) is 5.30. The van der Waals surface area contributed by atoms with Crippen molar-refractivity contribution in [3.8, 4) is 0 Å². The highest BCUT2D eigenvalue weighted by atomic mass is 35.5. The molecule has 0 aliphatic heterocycles. The van der Waals surface area contributed by atoms with Crippen molar-refractivity contribution in [1.82, 2.24) is 15.1 Å². The first-order chi connectivity index (χ1) is 11.0. The molecule has 0 radical (unpaired) electrons. The molecule has 2 N–H and O–H groups in total. The Morgan fingerprint density at radius 3 is 2.57 bits per heavy atom. The third-order valence-electron chi connectivity index (χ3n) is 3.00. The van der Waals surface area contributed by atoms with E-state index >= 15 is 0 Å². The Kier molecular flexibility index (Phi) is 6.06. The molecule has 8 heteroatoms. The first-order valence-corrected chi connectivity index (χ1v) is 8.33. The Morgan fingerprint density at radius 2 is 2.00 bits per heavy atom. The zero-order valence-electron chi connectivity index (χ0n) is 12.4. The number of aromatic nitrogens is 2. The van der Waals surface area contributed by atoms with E-state index in [0.29, 0.717) is 10.7 Å². The van der Waals surface area contributed by atoms with Crippen LogP contribution in [0.15, 0.2) is 36.5 Å². The lowest BCUT2D eigenvalue weighted by Gasteiger charge is -2.17. The average Bonchev–Trinajstić information content (AvgIpc) is 2.92. The summed E-state index contributed by atoms with van der Waals surface area (Å²) in [5, 5.41) is 16.4. The van der Waals surface area contributed by atoms with Gasteiger partial charge in [0.25, 0.3) is 0 Å². The van der Waals surface area contributed by atoms with Crippen molar-refractivity contribution in [3.63, 3.8) is 0 Å². The second-order valence-corrected chi connectivity index (χ2v) is 6.27. The van der Waals surface area contributed by atoms with Crippen molar-refractivity contribution in [2.75, 3.05) is 11.5 Å². The first kappa shape index (κ1) is 17.4. The predicted molar refractivity (Wildman–Crippen MR) is 89.6 cm³/mol. The summed E-state index contributed by atoms with van der Waals surface area (Å²) < 4.78 is 1.66. The van der Waals surface area contributed by atoms with E-state index in [1.807, 2.05) is 18.2 Å². The van der Waals surface area contributed by atoms with Crippen LogP contribution in [0.3, 0.4) is 0 Å². The summed E-state index contributed by atoms with van der Waals surface area (Å²) in [5.41, 5.74) is 1.55. The van der Waals surface area contributed by atoms with Gasteiger partial charge < -0.3 is 10.4 Å². The highest BCUT2D eigenvalue weighted by Gasteiger charge is 2.19. The van der Waals surface area contributed by atoms with Gasteiger partial charge in [-0.15, -0.1) is 11.8 Å². The molecule has 0 spiro atoms. The van der Waals surface area contributed by atoms with Gasteiger partial charge in [0.1, 0.15) is 0 Å². The fourth-order valence-corrected chi connectivity index (χ4v) is 2.68. The van der Waals surface area contributed by atoms with Gasteiger partial charge in [0.05, 0.1) is 23.2 Å². The van der Waals surface area contributed by atoms with E-state index in [-0.39, 0.29) is 17.4 Å². The molecule has 122 valence electrons. The predicted octanol–water partition coefficient (Wildman–Crippen LogP) is 2.10. The molecule has 6 nitrogen and oxygen atoms in total. The maximum Gasteiger partial charge on any atom is 0.313 e. The molecule has 1 atom stereocenters. The zero-order valence-corrected chi connectivity index (χ0v) is 14.0. The minimum Gasteiger partial charge on any atom is -0.481 e. The van der Waals surface area contributed by atoms with Crippen LogP contribution in [0.2, 0.25) is 5.02 Å². The molecule has 1 aromatic heterocycles. The largest absolute Gasteiger partial charge is 0.481 e. The summed E-state index contributed by atoms with van der Waals surface area (Å²) in [6.07, 6.45) is 1.80. The molecule has 2 rings (SSSR count). The molecule has 0 saturated carbocycles. The summed E-state index contributed by atoms with van der Waals surface area (Å²) in [4.78, 5) is 22.6. The Balaban J connectivity index is 2.12. The van der Waals surface area contributed by atoms with Crippen molar-refractivity contribution in [2.24, 2.45) is 7.05 Å². The van der Waals surface area contributed by atoms with Crippen molar-refractivity contribution in [3.05, 3.63) is 52.8 Å². The normalized spacial score (nSPS) is 11.9. The number of aryl methyl sites for hydroxylation is 1. The van der Waals surface area contributed by atoms with E-state index in [2.05, 4.69) is 10.4 Å². The minimum atomic E-state index is -0.943. The van der Waals surface area contributed by atoms with E-state index < -0.39 is 12.0 Å². The van der Waals surface area contributed by atoms with Crippen molar-refractivity contribution >= 4 is 35.2 Å². The zero-order chi connectivity index (χ0) is 16.8. The van der Waals surface area contributed by atoms with Crippen LogP contribution in [0.1, 0.15) is 17.3 Å². The summed E-state index contributed by atoms with van der Waals surface area (Å²) in [7, 11) is 1.80. The number of aliphatic carboxylic acids is 1. The number of carboxylic acid groups (broad SMARTS) is 1. The maximum absolute atomic E-state index is 12.1.